The van der Waals surface area contributed by atoms with Crippen LogP contribution in [0, 0.1) is 0 Å². The van der Waals surface area contributed by atoms with E-state index in [4.69, 9.17) is 16.7 Å². The van der Waals surface area contributed by atoms with Crippen LogP contribution in [-0.2, 0) is 0 Å². The van der Waals surface area contributed by atoms with Crippen LogP contribution >= 0.6 is 23.4 Å². The SMILES string of the molecule is CSCC(CCO)Nc1ncnc2cc(Cl)ccc12. The van der Waals surface area contributed by atoms with Crippen molar-refractivity contribution in [2.24, 2.45) is 0 Å². The molecule has 19 heavy (non-hydrogen) atoms. The van der Waals surface area contributed by atoms with Gasteiger partial charge in [0.1, 0.15) is 12.1 Å². The molecule has 4 nitrogen and oxygen atoms in total. The summed E-state index contributed by atoms with van der Waals surface area (Å²) >= 11 is 7.70. The Labute approximate surface area is 121 Å². The van der Waals surface area contributed by atoms with Gasteiger partial charge in [-0.3, -0.25) is 0 Å². The highest BCUT2D eigenvalue weighted by Crippen LogP contribution is 2.23. The lowest BCUT2D eigenvalue weighted by molar-refractivity contribution is 0.282. The van der Waals surface area contributed by atoms with Crippen LogP contribution < -0.4 is 5.32 Å². The van der Waals surface area contributed by atoms with Crippen LogP contribution in [0.4, 0.5) is 5.82 Å². The molecule has 0 amide bonds. The third-order valence-electron chi connectivity index (χ3n) is 2.78. The fraction of sp³-hybridized carbons (Fsp3) is 0.385. The zero-order valence-corrected chi connectivity index (χ0v) is 12.2. The highest BCUT2D eigenvalue weighted by atomic mass is 35.5. The molecule has 2 rings (SSSR count). The van der Waals surface area contributed by atoms with Crippen LogP contribution in [0.2, 0.25) is 5.02 Å². The molecule has 1 atom stereocenters. The minimum atomic E-state index is 0.160. The molecule has 0 aliphatic rings. The Kier molecular flexibility index (Phi) is 5.24. The summed E-state index contributed by atoms with van der Waals surface area (Å²) in [5, 5.41) is 14.1. The fourth-order valence-electron chi connectivity index (χ4n) is 1.89. The number of fused-ring (bicyclic) bond motifs is 1. The molecule has 0 radical (unpaired) electrons. The number of aliphatic hydroxyl groups is 1. The van der Waals surface area contributed by atoms with Gasteiger partial charge >= 0.3 is 0 Å². The van der Waals surface area contributed by atoms with Gasteiger partial charge in [0.15, 0.2) is 0 Å². The number of rotatable bonds is 6. The van der Waals surface area contributed by atoms with Gasteiger partial charge in [0.05, 0.1) is 5.52 Å². The van der Waals surface area contributed by atoms with Gasteiger partial charge in [-0.25, -0.2) is 9.97 Å². The van der Waals surface area contributed by atoms with E-state index < -0.39 is 0 Å². The van der Waals surface area contributed by atoms with Crippen molar-refractivity contribution in [3.63, 3.8) is 0 Å². The van der Waals surface area contributed by atoms with Gasteiger partial charge < -0.3 is 10.4 Å². The Morgan fingerprint density at radius 3 is 3.00 bits per heavy atom. The molecule has 0 saturated carbocycles. The molecule has 2 N–H and O–H groups in total. The molecule has 102 valence electrons. The van der Waals surface area contributed by atoms with E-state index in [1.54, 1.807) is 11.8 Å². The summed E-state index contributed by atoms with van der Waals surface area (Å²) in [7, 11) is 0. The maximum atomic E-state index is 9.09. The summed E-state index contributed by atoms with van der Waals surface area (Å²) < 4.78 is 0. The maximum Gasteiger partial charge on any atom is 0.137 e. The number of hydrogen-bond acceptors (Lipinski definition) is 5. The number of anilines is 1. The maximum absolute atomic E-state index is 9.09. The highest BCUT2D eigenvalue weighted by molar-refractivity contribution is 7.98. The van der Waals surface area contributed by atoms with Crippen molar-refractivity contribution in [3.05, 3.63) is 29.5 Å². The number of halogens is 1. The molecule has 0 aliphatic carbocycles. The topological polar surface area (TPSA) is 58.0 Å². The number of nitrogens with one attached hydrogen (secondary N) is 1. The van der Waals surface area contributed by atoms with Crippen molar-refractivity contribution in [2.75, 3.05) is 23.9 Å². The van der Waals surface area contributed by atoms with Gasteiger partial charge in [0.25, 0.3) is 0 Å². The molecular weight excluding hydrogens is 282 g/mol. The number of aliphatic hydroxyl groups excluding tert-OH is 1. The molecule has 0 aliphatic heterocycles. The summed E-state index contributed by atoms with van der Waals surface area (Å²) in [4.78, 5) is 8.50. The Hall–Kier alpha value is -1.04. The van der Waals surface area contributed by atoms with E-state index in [0.717, 1.165) is 22.5 Å². The van der Waals surface area contributed by atoms with Crippen LogP contribution in [0.3, 0.4) is 0 Å². The lowest BCUT2D eigenvalue weighted by Crippen LogP contribution is -2.24. The molecular formula is C13H16ClN3OS. The number of thioether (sulfide) groups is 1. The summed E-state index contributed by atoms with van der Waals surface area (Å²) in [6.45, 7) is 0.160. The van der Waals surface area contributed by atoms with E-state index in [-0.39, 0.29) is 12.6 Å². The summed E-state index contributed by atoms with van der Waals surface area (Å²) in [6.07, 6.45) is 4.26. The number of aromatic nitrogens is 2. The van der Waals surface area contributed by atoms with Gasteiger partial charge in [-0.05, 0) is 30.9 Å². The normalized spacial score (nSPS) is 12.6. The number of benzene rings is 1. The van der Waals surface area contributed by atoms with E-state index in [1.165, 1.54) is 6.33 Å². The summed E-state index contributed by atoms with van der Waals surface area (Å²) in [6, 6.07) is 5.75. The van der Waals surface area contributed by atoms with E-state index in [2.05, 4.69) is 15.3 Å². The van der Waals surface area contributed by atoms with Crippen molar-refractivity contribution in [3.8, 4) is 0 Å². The lowest BCUT2D eigenvalue weighted by Gasteiger charge is -2.18. The minimum absolute atomic E-state index is 0.160. The molecule has 2 aromatic rings. The van der Waals surface area contributed by atoms with Crippen LogP contribution in [-0.4, -0.2) is 39.7 Å². The highest BCUT2D eigenvalue weighted by Gasteiger charge is 2.11. The van der Waals surface area contributed by atoms with Crippen molar-refractivity contribution >= 4 is 40.1 Å². The van der Waals surface area contributed by atoms with E-state index in [9.17, 15) is 0 Å². The summed E-state index contributed by atoms with van der Waals surface area (Å²) in [5.41, 5.74) is 0.817. The smallest absolute Gasteiger partial charge is 0.137 e. The first-order valence-corrected chi connectivity index (χ1v) is 7.78. The molecule has 0 fully saturated rings. The molecule has 1 aromatic heterocycles. The molecule has 0 bridgehead atoms. The Bertz CT molecular complexity index is 546. The van der Waals surface area contributed by atoms with Crippen molar-refractivity contribution in [1.82, 2.24) is 9.97 Å². The summed E-state index contributed by atoms with van der Waals surface area (Å²) in [5.74, 6) is 1.70. The first-order valence-electron chi connectivity index (χ1n) is 6.01. The van der Waals surface area contributed by atoms with Crippen LogP contribution in [0.15, 0.2) is 24.5 Å². The second kappa shape index (κ2) is 6.93. The van der Waals surface area contributed by atoms with E-state index in [0.29, 0.717) is 11.4 Å². The van der Waals surface area contributed by atoms with E-state index in [1.807, 2.05) is 24.5 Å². The third kappa shape index (κ3) is 3.72. The predicted octanol–water partition coefficient (Wildman–Crippen LogP) is 2.81. The second-order valence-corrected chi connectivity index (χ2v) is 5.54. The van der Waals surface area contributed by atoms with Gasteiger partial charge in [-0.15, -0.1) is 0 Å². The number of nitrogens with zero attached hydrogens (tertiary/aromatic N) is 2. The first-order chi connectivity index (χ1) is 9.24. The van der Waals surface area contributed by atoms with Crippen LogP contribution in [0.1, 0.15) is 6.42 Å². The van der Waals surface area contributed by atoms with Crippen molar-refractivity contribution in [2.45, 2.75) is 12.5 Å². The fourth-order valence-corrected chi connectivity index (χ4v) is 2.71. The van der Waals surface area contributed by atoms with Gasteiger partial charge in [0, 0.05) is 28.8 Å². The molecule has 6 heteroatoms. The standard InChI is InChI=1S/C13H16ClN3OS/c1-19-7-10(4-5-18)17-13-11-3-2-9(14)6-12(11)15-8-16-13/h2-3,6,8,10,18H,4-5,7H2,1H3,(H,15,16,17). The predicted molar refractivity (Wildman–Crippen MR) is 82.0 cm³/mol. The molecule has 1 heterocycles. The third-order valence-corrected chi connectivity index (χ3v) is 3.76. The Morgan fingerprint density at radius 2 is 2.26 bits per heavy atom. The largest absolute Gasteiger partial charge is 0.396 e. The lowest BCUT2D eigenvalue weighted by atomic mass is 10.2. The van der Waals surface area contributed by atoms with Crippen LogP contribution in [0.5, 0.6) is 0 Å². The average Bonchev–Trinajstić information content (AvgIpc) is 2.39. The van der Waals surface area contributed by atoms with Crippen LogP contribution in [0.25, 0.3) is 10.9 Å². The minimum Gasteiger partial charge on any atom is -0.396 e. The zero-order valence-electron chi connectivity index (χ0n) is 10.6. The molecule has 0 saturated heterocycles. The van der Waals surface area contributed by atoms with E-state index >= 15 is 0 Å². The van der Waals surface area contributed by atoms with Crippen molar-refractivity contribution in [1.29, 1.82) is 0 Å². The molecule has 1 aromatic carbocycles. The van der Waals surface area contributed by atoms with Gasteiger partial charge in [-0.1, -0.05) is 11.6 Å². The quantitative estimate of drug-likeness (QED) is 0.858. The Morgan fingerprint density at radius 1 is 1.42 bits per heavy atom. The average molecular weight is 298 g/mol. The molecule has 0 spiro atoms. The number of hydrogen-bond donors (Lipinski definition) is 2. The zero-order chi connectivity index (χ0) is 13.7. The monoisotopic (exact) mass is 297 g/mol. The Balaban J connectivity index is 2.28. The second-order valence-electron chi connectivity index (χ2n) is 4.19. The van der Waals surface area contributed by atoms with Gasteiger partial charge in [0.2, 0.25) is 0 Å². The van der Waals surface area contributed by atoms with Gasteiger partial charge in [-0.2, -0.15) is 11.8 Å². The van der Waals surface area contributed by atoms with Crippen molar-refractivity contribution < 1.29 is 5.11 Å². The molecule has 1 unspecified atom stereocenters. The first kappa shape index (κ1) is 14.4.